The molecule has 1 fully saturated rings. The van der Waals surface area contributed by atoms with E-state index in [-0.39, 0.29) is 18.7 Å². The van der Waals surface area contributed by atoms with Crippen molar-refractivity contribution in [1.29, 1.82) is 0 Å². The summed E-state index contributed by atoms with van der Waals surface area (Å²) in [4.78, 5) is 6.59. The number of pyridine rings is 1. The fourth-order valence-corrected chi connectivity index (χ4v) is 3.80. The molecule has 2 atom stereocenters. The second kappa shape index (κ2) is 7.90. The van der Waals surface area contributed by atoms with Crippen molar-refractivity contribution >= 4 is 17.3 Å². The Hall–Kier alpha value is -2.70. The zero-order valence-electron chi connectivity index (χ0n) is 14.8. The molecule has 27 heavy (non-hydrogen) atoms. The molecule has 2 aromatic heterocycles. The van der Waals surface area contributed by atoms with Gasteiger partial charge in [0.15, 0.2) is 5.11 Å². The van der Waals surface area contributed by atoms with Crippen LogP contribution in [0.3, 0.4) is 0 Å². The van der Waals surface area contributed by atoms with Crippen LogP contribution in [0.4, 0.5) is 0 Å². The second-order valence-corrected chi connectivity index (χ2v) is 6.85. The van der Waals surface area contributed by atoms with Gasteiger partial charge in [-0.05, 0) is 42.9 Å². The molecular formula is C21H21N3O2S. The summed E-state index contributed by atoms with van der Waals surface area (Å²) >= 11 is 5.57. The van der Waals surface area contributed by atoms with E-state index in [1.165, 1.54) is 0 Å². The predicted octanol–water partition coefficient (Wildman–Crippen LogP) is 3.70. The third-order valence-electron chi connectivity index (χ3n) is 4.73. The van der Waals surface area contributed by atoms with Crippen LogP contribution < -0.4 is 5.32 Å². The minimum Gasteiger partial charge on any atom is -0.459 e. The predicted molar refractivity (Wildman–Crippen MR) is 108 cm³/mol. The molecule has 1 aliphatic heterocycles. The SMILES string of the molecule is OCCCN1C(=S)N[C@H](c2ccccn2)[C@H]1c1ccc(-c2ccccc2)o1. The third-order valence-corrected chi connectivity index (χ3v) is 5.08. The summed E-state index contributed by atoms with van der Waals surface area (Å²) in [5.41, 5.74) is 1.95. The molecule has 0 aliphatic carbocycles. The molecule has 6 heteroatoms. The fourth-order valence-electron chi connectivity index (χ4n) is 3.47. The van der Waals surface area contributed by atoms with Gasteiger partial charge in [-0.1, -0.05) is 36.4 Å². The number of furan rings is 1. The Labute approximate surface area is 163 Å². The van der Waals surface area contributed by atoms with Crippen LogP contribution in [-0.4, -0.2) is 33.3 Å². The van der Waals surface area contributed by atoms with Gasteiger partial charge < -0.3 is 19.7 Å². The Balaban J connectivity index is 1.70. The average molecular weight is 379 g/mol. The van der Waals surface area contributed by atoms with Crippen LogP contribution in [0.25, 0.3) is 11.3 Å². The number of aliphatic hydroxyl groups excluding tert-OH is 1. The highest BCUT2D eigenvalue weighted by Crippen LogP contribution is 2.40. The molecule has 5 nitrogen and oxygen atoms in total. The summed E-state index contributed by atoms with van der Waals surface area (Å²) in [6, 6.07) is 19.7. The Morgan fingerprint density at radius 2 is 1.89 bits per heavy atom. The van der Waals surface area contributed by atoms with Crippen LogP contribution in [0.15, 0.2) is 71.3 Å². The molecule has 0 unspecified atom stereocenters. The lowest BCUT2D eigenvalue weighted by molar-refractivity contribution is 0.233. The summed E-state index contributed by atoms with van der Waals surface area (Å²) in [6.45, 7) is 0.769. The normalized spacial score (nSPS) is 19.3. The van der Waals surface area contributed by atoms with Crippen LogP contribution in [0.2, 0.25) is 0 Å². The molecule has 3 heterocycles. The number of benzene rings is 1. The number of nitrogens with zero attached hydrogens (tertiary/aromatic N) is 2. The smallest absolute Gasteiger partial charge is 0.170 e. The highest BCUT2D eigenvalue weighted by atomic mass is 32.1. The molecule has 1 aromatic carbocycles. The van der Waals surface area contributed by atoms with E-state index in [9.17, 15) is 5.11 Å². The molecule has 3 aromatic rings. The van der Waals surface area contributed by atoms with Crippen molar-refractivity contribution in [3.8, 4) is 11.3 Å². The average Bonchev–Trinajstić information content (AvgIpc) is 3.32. The van der Waals surface area contributed by atoms with E-state index in [0.717, 1.165) is 22.8 Å². The molecule has 138 valence electrons. The van der Waals surface area contributed by atoms with Gasteiger partial charge in [-0.25, -0.2) is 0 Å². The third kappa shape index (κ3) is 3.59. The standard InChI is InChI=1S/C21H21N3O2S/c25-14-6-13-24-20(19(23-21(24)27)16-9-4-5-12-22-16)18-11-10-17(26-18)15-7-2-1-3-8-15/h1-5,7-12,19-20,25H,6,13-14H2,(H,23,27)/t19-,20-/m1/s1. The van der Waals surface area contributed by atoms with Crippen molar-refractivity contribution in [2.45, 2.75) is 18.5 Å². The number of aromatic nitrogens is 1. The topological polar surface area (TPSA) is 61.5 Å². The molecule has 0 spiro atoms. The summed E-state index contributed by atoms with van der Waals surface area (Å²) in [6.07, 6.45) is 2.42. The van der Waals surface area contributed by atoms with Gasteiger partial charge in [-0.15, -0.1) is 0 Å². The quantitative estimate of drug-likeness (QED) is 0.637. The molecule has 1 saturated heterocycles. The number of rotatable bonds is 6. The summed E-state index contributed by atoms with van der Waals surface area (Å²) < 4.78 is 6.23. The van der Waals surface area contributed by atoms with Crippen LogP contribution in [0.5, 0.6) is 0 Å². The van der Waals surface area contributed by atoms with Crippen molar-refractivity contribution < 1.29 is 9.52 Å². The second-order valence-electron chi connectivity index (χ2n) is 6.47. The minimum absolute atomic E-state index is 0.104. The monoisotopic (exact) mass is 379 g/mol. The molecule has 2 N–H and O–H groups in total. The Morgan fingerprint density at radius 1 is 1.07 bits per heavy atom. The molecule has 0 saturated carbocycles. The van der Waals surface area contributed by atoms with E-state index in [4.69, 9.17) is 16.6 Å². The van der Waals surface area contributed by atoms with Gasteiger partial charge in [0, 0.05) is 24.9 Å². The number of nitrogens with one attached hydrogen (secondary N) is 1. The molecule has 0 amide bonds. The van der Waals surface area contributed by atoms with E-state index in [1.807, 2.05) is 60.7 Å². The maximum atomic E-state index is 9.28. The maximum absolute atomic E-state index is 9.28. The lowest BCUT2D eigenvalue weighted by atomic mass is 10.0. The number of hydrogen-bond donors (Lipinski definition) is 2. The minimum atomic E-state index is -0.114. The molecule has 4 rings (SSSR count). The van der Waals surface area contributed by atoms with Crippen molar-refractivity contribution in [2.24, 2.45) is 0 Å². The van der Waals surface area contributed by atoms with E-state index in [2.05, 4.69) is 15.2 Å². The van der Waals surface area contributed by atoms with Gasteiger partial charge in [-0.3, -0.25) is 4.98 Å². The number of thiocarbonyl (C=S) groups is 1. The van der Waals surface area contributed by atoms with Gasteiger partial charge in [0.05, 0.1) is 11.7 Å². The molecule has 1 aliphatic rings. The first-order valence-electron chi connectivity index (χ1n) is 9.02. The van der Waals surface area contributed by atoms with Crippen LogP contribution in [-0.2, 0) is 0 Å². The zero-order chi connectivity index (χ0) is 18.6. The van der Waals surface area contributed by atoms with E-state index < -0.39 is 0 Å². The first-order chi connectivity index (χ1) is 13.3. The largest absolute Gasteiger partial charge is 0.459 e. The number of hydrogen-bond acceptors (Lipinski definition) is 4. The highest BCUT2D eigenvalue weighted by Gasteiger charge is 2.41. The van der Waals surface area contributed by atoms with Crippen LogP contribution >= 0.6 is 12.2 Å². The van der Waals surface area contributed by atoms with E-state index in [1.54, 1.807) is 6.20 Å². The van der Waals surface area contributed by atoms with Crippen LogP contribution in [0.1, 0.15) is 30.0 Å². The lowest BCUT2D eigenvalue weighted by Crippen LogP contribution is -2.30. The molecular weight excluding hydrogens is 358 g/mol. The highest BCUT2D eigenvalue weighted by molar-refractivity contribution is 7.80. The van der Waals surface area contributed by atoms with Gasteiger partial charge in [0.25, 0.3) is 0 Å². The lowest BCUT2D eigenvalue weighted by Gasteiger charge is -2.25. The maximum Gasteiger partial charge on any atom is 0.170 e. The first-order valence-corrected chi connectivity index (χ1v) is 9.43. The summed E-state index contributed by atoms with van der Waals surface area (Å²) in [5, 5.41) is 13.3. The van der Waals surface area contributed by atoms with Gasteiger partial charge >= 0.3 is 0 Å². The summed E-state index contributed by atoms with van der Waals surface area (Å²) in [7, 11) is 0. The van der Waals surface area contributed by atoms with E-state index >= 15 is 0 Å². The summed E-state index contributed by atoms with van der Waals surface area (Å²) in [5.74, 6) is 1.65. The molecule has 0 bridgehead atoms. The van der Waals surface area contributed by atoms with Crippen LogP contribution in [0, 0.1) is 0 Å². The van der Waals surface area contributed by atoms with Crippen molar-refractivity contribution in [1.82, 2.24) is 15.2 Å². The zero-order valence-corrected chi connectivity index (χ0v) is 15.6. The van der Waals surface area contributed by atoms with Crippen molar-refractivity contribution in [2.75, 3.05) is 13.2 Å². The Morgan fingerprint density at radius 3 is 2.63 bits per heavy atom. The number of aliphatic hydroxyl groups is 1. The van der Waals surface area contributed by atoms with Crippen molar-refractivity contribution in [3.63, 3.8) is 0 Å². The van der Waals surface area contributed by atoms with Gasteiger partial charge in [-0.2, -0.15) is 0 Å². The Bertz CT molecular complexity index is 898. The molecule has 0 radical (unpaired) electrons. The fraction of sp³-hybridized carbons (Fsp3) is 0.238. The van der Waals surface area contributed by atoms with Gasteiger partial charge in [0.1, 0.15) is 17.6 Å². The van der Waals surface area contributed by atoms with Crippen molar-refractivity contribution in [3.05, 3.63) is 78.3 Å². The van der Waals surface area contributed by atoms with Gasteiger partial charge in [0.2, 0.25) is 0 Å². The first kappa shape index (κ1) is 17.7. The van der Waals surface area contributed by atoms with E-state index in [0.29, 0.717) is 18.1 Å². The Kier molecular flexibility index (Phi) is 5.18.